The fraction of sp³-hybridized carbons (Fsp3) is 0.0952. The molecule has 0 saturated carbocycles. The zero-order valence-corrected chi connectivity index (χ0v) is 14.7. The van der Waals surface area contributed by atoms with E-state index >= 15 is 0 Å². The molecule has 3 rings (SSSR count). The number of carbonyl (C=O) groups excluding carboxylic acids is 2. The number of aryl methyl sites for hydroxylation is 2. The van der Waals surface area contributed by atoms with Crippen molar-refractivity contribution in [3.05, 3.63) is 90.1 Å². The van der Waals surface area contributed by atoms with E-state index in [4.69, 9.17) is 0 Å². The first-order valence-corrected chi connectivity index (χ1v) is 8.57. The molecule has 0 atom stereocenters. The lowest BCUT2D eigenvalue weighted by Crippen LogP contribution is -2.17. The van der Waals surface area contributed by atoms with E-state index in [-0.39, 0.29) is 11.8 Å². The molecule has 0 aliphatic rings. The number of benzene rings is 2. The Morgan fingerprint density at radius 3 is 2.52 bits per heavy atom. The monoisotopic (exact) mass is 360 g/mol. The molecule has 2 amide bonds. The van der Waals surface area contributed by atoms with Crippen molar-refractivity contribution < 1.29 is 9.59 Å². The van der Waals surface area contributed by atoms with E-state index in [1.165, 1.54) is 5.56 Å². The molecule has 1 aromatic heterocycles. The van der Waals surface area contributed by atoms with Gasteiger partial charge in [0.1, 0.15) is 0 Å². The van der Waals surface area contributed by atoms with Crippen molar-refractivity contribution in [3.63, 3.8) is 0 Å². The number of nitrogens with zero attached hydrogens (tertiary/aromatic N) is 1. The molecule has 0 aliphatic carbocycles. The molecule has 3 aromatic rings. The number of nitrogens with one attached hydrogen (secondary N) is 3. The molecule has 0 saturated heterocycles. The Hall–Kier alpha value is -3.67. The van der Waals surface area contributed by atoms with Crippen molar-refractivity contribution in [1.82, 2.24) is 10.2 Å². The molecular weight excluding hydrogens is 340 g/mol. The summed E-state index contributed by atoms with van der Waals surface area (Å²) in [5.41, 5.74) is 2.94. The molecule has 6 nitrogen and oxygen atoms in total. The second-order valence-corrected chi connectivity index (χ2v) is 5.96. The molecular formula is C21H20N4O2. The third kappa shape index (κ3) is 4.92. The summed E-state index contributed by atoms with van der Waals surface area (Å²) in [5, 5.41) is 12.5. The summed E-state index contributed by atoms with van der Waals surface area (Å²) >= 11 is 0. The van der Waals surface area contributed by atoms with Crippen molar-refractivity contribution >= 4 is 23.3 Å². The number of hydrogen-bond donors (Lipinski definition) is 3. The zero-order chi connectivity index (χ0) is 19.1. The molecule has 136 valence electrons. The third-order valence-electron chi connectivity index (χ3n) is 4.01. The number of anilines is 2. The number of H-pyrrole nitrogens is 1. The van der Waals surface area contributed by atoms with Crippen LogP contribution in [0.5, 0.6) is 0 Å². The number of para-hydroxylation sites is 1. The van der Waals surface area contributed by atoms with E-state index in [0.29, 0.717) is 17.1 Å². The Morgan fingerprint density at radius 2 is 1.74 bits per heavy atom. The molecule has 0 aliphatic heterocycles. The van der Waals surface area contributed by atoms with Crippen LogP contribution < -0.4 is 10.6 Å². The van der Waals surface area contributed by atoms with Crippen LogP contribution in [0, 0.1) is 0 Å². The first-order valence-electron chi connectivity index (χ1n) is 8.57. The summed E-state index contributed by atoms with van der Waals surface area (Å²) in [4.78, 5) is 24.1. The highest BCUT2D eigenvalue weighted by Crippen LogP contribution is 2.17. The minimum absolute atomic E-state index is 0.349. The van der Waals surface area contributed by atoms with Crippen molar-refractivity contribution in [3.8, 4) is 0 Å². The van der Waals surface area contributed by atoms with Crippen LogP contribution in [0.25, 0.3) is 0 Å². The Labute approximate surface area is 157 Å². The number of aromatic nitrogens is 2. The molecule has 0 radical (unpaired) electrons. The van der Waals surface area contributed by atoms with Gasteiger partial charge < -0.3 is 10.6 Å². The van der Waals surface area contributed by atoms with Crippen LogP contribution in [0.1, 0.15) is 21.6 Å². The maximum absolute atomic E-state index is 12.6. The van der Waals surface area contributed by atoms with Gasteiger partial charge in [-0.15, -0.1) is 0 Å². The second-order valence-electron chi connectivity index (χ2n) is 5.96. The van der Waals surface area contributed by atoms with Gasteiger partial charge in [0, 0.05) is 11.8 Å². The molecule has 27 heavy (non-hydrogen) atoms. The Bertz CT molecular complexity index is 948. The van der Waals surface area contributed by atoms with E-state index < -0.39 is 0 Å². The molecule has 1 heterocycles. The predicted octanol–water partition coefficient (Wildman–Crippen LogP) is 3.57. The van der Waals surface area contributed by atoms with Crippen molar-refractivity contribution in [2.24, 2.45) is 0 Å². The van der Waals surface area contributed by atoms with Gasteiger partial charge in [-0.1, -0.05) is 49.0 Å². The van der Waals surface area contributed by atoms with Crippen molar-refractivity contribution in [2.45, 2.75) is 12.8 Å². The van der Waals surface area contributed by atoms with Crippen LogP contribution >= 0.6 is 0 Å². The minimum atomic E-state index is -0.377. The summed E-state index contributed by atoms with van der Waals surface area (Å²) < 4.78 is 0. The molecule has 0 bridgehead atoms. The first-order chi connectivity index (χ1) is 13.2. The molecule has 0 unspecified atom stereocenters. The third-order valence-corrected chi connectivity index (χ3v) is 4.01. The summed E-state index contributed by atoms with van der Waals surface area (Å²) in [6.07, 6.45) is 2.83. The fourth-order valence-corrected chi connectivity index (χ4v) is 2.63. The standard InChI is InChI=1S/C21H20N4O2/c1-2-20(26)22-18-11-7-6-10-17(18)21(27)23-19-14-16(24-25-19)13-12-15-8-4-3-5-9-15/h2-11,14H,1,12-13H2,(H,22,26)(H2,23,24,25,27). The van der Waals surface area contributed by atoms with Gasteiger partial charge in [-0.3, -0.25) is 14.7 Å². The Balaban J connectivity index is 1.64. The number of rotatable bonds is 7. The lowest BCUT2D eigenvalue weighted by molar-refractivity contribution is -0.111. The van der Waals surface area contributed by atoms with Crippen LogP contribution in [-0.2, 0) is 17.6 Å². The summed E-state index contributed by atoms with van der Waals surface area (Å²) in [6, 6.07) is 18.7. The maximum atomic E-state index is 12.6. The zero-order valence-electron chi connectivity index (χ0n) is 14.7. The van der Waals surface area contributed by atoms with Gasteiger partial charge in [0.15, 0.2) is 5.82 Å². The average Bonchev–Trinajstić information content (AvgIpc) is 3.14. The fourth-order valence-electron chi connectivity index (χ4n) is 2.63. The normalized spacial score (nSPS) is 10.2. The highest BCUT2D eigenvalue weighted by atomic mass is 16.2. The summed E-state index contributed by atoms with van der Waals surface area (Å²) in [6.45, 7) is 3.41. The average molecular weight is 360 g/mol. The maximum Gasteiger partial charge on any atom is 0.258 e. The Morgan fingerprint density at radius 1 is 1.00 bits per heavy atom. The van der Waals surface area contributed by atoms with Gasteiger partial charge in [0.05, 0.1) is 11.3 Å². The van der Waals surface area contributed by atoms with Gasteiger partial charge in [-0.2, -0.15) is 5.10 Å². The molecule has 3 N–H and O–H groups in total. The van der Waals surface area contributed by atoms with E-state index in [2.05, 4.69) is 39.5 Å². The van der Waals surface area contributed by atoms with Crippen molar-refractivity contribution in [2.75, 3.05) is 10.6 Å². The number of hydrogen-bond acceptors (Lipinski definition) is 3. The van der Waals surface area contributed by atoms with Gasteiger partial charge in [-0.05, 0) is 36.6 Å². The van der Waals surface area contributed by atoms with Crippen LogP contribution in [0.3, 0.4) is 0 Å². The predicted molar refractivity (Wildman–Crippen MR) is 106 cm³/mol. The lowest BCUT2D eigenvalue weighted by Gasteiger charge is -2.09. The van der Waals surface area contributed by atoms with Crippen LogP contribution in [0.15, 0.2) is 73.3 Å². The minimum Gasteiger partial charge on any atom is -0.322 e. The van der Waals surface area contributed by atoms with E-state index in [9.17, 15) is 9.59 Å². The van der Waals surface area contributed by atoms with Crippen LogP contribution in [-0.4, -0.2) is 22.0 Å². The van der Waals surface area contributed by atoms with Gasteiger partial charge in [-0.25, -0.2) is 0 Å². The first kappa shape index (κ1) is 18.1. The number of aromatic amines is 1. The largest absolute Gasteiger partial charge is 0.322 e. The Kier molecular flexibility index (Phi) is 5.79. The SMILES string of the molecule is C=CC(=O)Nc1ccccc1C(=O)Nc1cc(CCc2ccccc2)[nH]n1. The van der Waals surface area contributed by atoms with Gasteiger partial charge in [0.2, 0.25) is 5.91 Å². The highest BCUT2D eigenvalue weighted by molar-refractivity contribution is 6.10. The highest BCUT2D eigenvalue weighted by Gasteiger charge is 2.13. The lowest BCUT2D eigenvalue weighted by atomic mass is 10.1. The topological polar surface area (TPSA) is 86.9 Å². The number of carbonyl (C=O) groups is 2. The molecule has 0 fully saturated rings. The summed E-state index contributed by atoms with van der Waals surface area (Å²) in [7, 11) is 0. The van der Waals surface area contributed by atoms with Crippen molar-refractivity contribution in [1.29, 1.82) is 0 Å². The smallest absolute Gasteiger partial charge is 0.258 e. The van der Waals surface area contributed by atoms with E-state index in [1.54, 1.807) is 24.3 Å². The van der Waals surface area contributed by atoms with E-state index in [0.717, 1.165) is 24.6 Å². The second kappa shape index (κ2) is 8.62. The molecule has 0 spiro atoms. The van der Waals surface area contributed by atoms with Crippen LogP contribution in [0.4, 0.5) is 11.5 Å². The van der Waals surface area contributed by atoms with E-state index in [1.807, 2.05) is 24.3 Å². The van der Waals surface area contributed by atoms with Crippen LogP contribution in [0.2, 0.25) is 0 Å². The van der Waals surface area contributed by atoms with Gasteiger partial charge in [0.25, 0.3) is 5.91 Å². The summed E-state index contributed by atoms with van der Waals surface area (Å²) in [5.74, 6) is -0.290. The number of amides is 2. The quantitative estimate of drug-likeness (QED) is 0.563. The molecule has 2 aromatic carbocycles. The molecule has 6 heteroatoms. The van der Waals surface area contributed by atoms with Gasteiger partial charge >= 0.3 is 0 Å².